The molecule has 0 bridgehead atoms. The minimum absolute atomic E-state index is 0.395. The Morgan fingerprint density at radius 1 is 1.07 bits per heavy atom. The number of hydrogen-bond acceptors (Lipinski definition) is 6. The van der Waals surface area contributed by atoms with Crippen molar-refractivity contribution in [2.24, 2.45) is 5.10 Å². The molecule has 8 heteroatoms. The van der Waals surface area contributed by atoms with E-state index in [0.717, 1.165) is 0 Å². The van der Waals surface area contributed by atoms with Crippen molar-refractivity contribution in [1.29, 1.82) is 0 Å². The Bertz CT molecular complexity index is 783. The second kappa shape index (κ2) is 9.68. The molecule has 0 aliphatic rings. The van der Waals surface area contributed by atoms with Crippen LogP contribution in [0.5, 0.6) is 23.0 Å². The summed E-state index contributed by atoms with van der Waals surface area (Å²) < 4.78 is 21.4. The molecule has 27 heavy (non-hydrogen) atoms. The maximum Gasteiger partial charge on any atom is 0.280 e. The first-order chi connectivity index (χ1) is 13.0. The predicted octanol–water partition coefficient (Wildman–Crippen LogP) is 3.28. The van der Waals surface area contributed by atoms with E-state index in [4.69, 9.17) is 30.5 Å². The number of carbonyl (C=O) groups excluding carboxylic acids is 1. The lowest BCUT2D eigenvalue weighted by Gasteiger charge is -2.13. The minimum atomic E-state index is -0.733. The van der Waals surface area contributed by atoms with Gasteiger partial charge in [-0.3, -0.25) is 4.79 Å². The highest BCUT2D eigenvalue weighted by Crippen LogP contribution is 2.37. The number of hydrogen-bond donors (Lipinski definition) is 1. The molecule has 1 amide bonds. The molecule has 2 aromatic carbocycles. The number of carbonyl (C=O) groups is 1. The monoisotopic (exact) mass is 392 g/mol. The molecule has 2 aromatic rings. The van der Waals surface area contributed by atoms with Crippen LogP contribution < -0.4 is 24.4 Å². The normalized spacial score (nSPS) is 11.7. The Balaban J connectivity index is 2.01. The van der Waals surface area contributed by atoms with Gasteiger partial charge in [0.15, 0.2) is 17.6 Å². The summed E-state index contributed by atoms with van der Waals surface area (Å²) in [6.45, 7) is 1.62. The molecule has 0 spiro atoms. The van der Waals surface area contributed by atoms with Crippen LogP contribution in [0.15, 0.2) is 41.5 Å². The second-order valence-corrected chi connectivity index (χ2v) is 5.84. The number of hydrazone groups is 1. The van der Waals surface area contributed by atoms with E-state index in [9.17, 15) is 4.79 Å². The van der Waals surface area contributed by atoms with Crippen LogP contribution in [0.1, 0.15) is 12.5 Å². The van der Waals surface area contributed by atoms with Gasteiger partial charge in [0.25, 0.3) is 5.91 Å². The van der Waals surface area contributed by atoms with E-state index in [0.29, 0.717) is 33.6 Å². The van der Waals surface area contributed by atoms with Gasteiger partial charge < -0.3 is 18.9 Å². The molecule has 0 heterocycles. The van der Waals surface area contributed by atoms with Gasteiger partial charge in [0, 0.05) is 10.6 Å². The maximum absolute atomic E-state index is 12.1. The summed E-state index contributed by atoms with van der Waals surface area (Å²) in [5, 5.41) is 4.54. The minimum Gasteiger partial charge on any atom is -0.493 e. The van der Waals surface area contributed by atoms with Crippen LogP contribution in [0.25, 0.3) is 0 Å². The molecule has 1 N–H and O–H groups in total. The van der Waals surface area contributed by atoms with Crippen LogP contribution in [-0.4, -0.2) is 39.6 Å². The Labute approximate surface area is 162 Å². The lowest BCUT2D eigenvalue weighted by molar-refractivity contribution is -0.127. The smallest absolute Gasteiger partial charge is 0.280 e. The first kappa shape index (κ1) is 20.4. The van der Waals surface area contributed by atoms with Gasteiger partial charge in [0.1, 0.15) is 5.75 Å². The highest BCUT2D eigenvalue weighted by molar-refractivity contribution is 6.30. The molecular weight excluding hydrogens is 372 g/mol. The van der Waals surface area contributed by atoms with E-state index in [2.05, 4.69) is 10.5 Å². The van der Waals surface area contributed by atoms with Crippen LogP contribution in [0.3, 0.4) is 0 Å². The molecule has 0 saturated heterocycles. The van der Waals surface area contributed by atoms with Crippen LogP contribution in [-0.2, 0) is 4.79 Å². The lowest BCUT2D eigenvalue weighted by atomic mass is 10.2. The number of rotatable bonds is 8. The number of methoxy groups -OCH3 is 3. The fourth-order valence-electron chi connectivity index (χ4n) is 2.21. The zero-order valence-electron chi connectivity index (χ0n) is 15.5. The SMILES string of the molecule is COc1cc(C=NNC(=O)C(C)Oc2ccc(Cl)cc2)cc(OC)c1OC. The van der Waals surface area contributed by atoms with Crippen molar-refractivity contribution in [2.75, 3.05) is 21.3 Å². The third kappa shape index (κ3) is 5.52. The van der Waals surface area contributed by atoms with Gasteiger partial charge in [-0.2, -0.15) is 5.10 Å². The summed E-state index contributed by atoms with van der Waals surface area (Å²) in [7, 11) is 4.57. The quantitative estimate of drug-likeness (QED) is 0.551. The molecule has 1 unspecified atom stereocenters. The molecule has 1 atom stereocenters. The number of nitrogens with zero attached hydrogens (tertiary/aromatic N) is 1. The fourth-order valence-corrected chi connectivity index (χ4v) is 2.33. The van der Waals surface area contributed by atoms with E-state index in [-0.39, 0.29) is 0 Å². The Hall–Kier alpha value is -2.93. The molecule has 2 rings (SSSR count). The summed E-state index contributed by atoms with van der Waals surface area (Å²) in [4.78, 5) is 12.1. The van der Waals surface area contributed by atoms with E-state index in [1.807, 2.05) is 0 Å². The summed E-state index contributed by atoms with van der Waals surface area (Å²) >= 11 is 5.82. The number of nitrogens with one attached hydrogen (secondary N) is 1. The molecule has 0 radical (unpaired) electrons. The van der Waals surface area contributed by atoms with Crippen molar-refractivity contribution < 1.29 is 23.7 Å². The van der Waals surface area contributed by atoms with Gasteiger partial charge in [-0.1, -0.05) is 11.6 Å². The van der Waals surface area contributed by atoms with Crippen LogP contribution in [0, 0.1) is 0 Å². The predicted molar refractivity (Wildman–Crippen MR) is 103 cm³/mol. The number of halogens is 1. The molecule has 7 nitrogen and oxygen atoms in total. The third-order valence-corrected chi connectivity index (χ3v) is 3.82. The second-order valence-electron chi connectivity index (χ2n) is 5.41. The van der Waals surface area contributed by atoms with Gasteiger partial charge in [-0.05, 0) is 43.3 Å². The van der Waals surface area contributed by atoms with Gasteiger partial charge in [-0.15, -0.1) is 0 Å². The standard InChI is InChI=1S/C19H21ClN2O5/c1-12(27-15-7-5-14(20)6-8-15)19(23)22-21-11-13-9-16(24-2)18(26-4)17(10-13)25-3/h5-12H,1-4H3,(H,22,23). The molecule has 0 aliphatic heterocycles. The first-order valence-corrected chi connectivity index (χ1v) is 8.41. The van der Waals surface area contributed by atoms with Gasteiger partial charge in [0.05, 0.1) is 27.5 Å². The number of ether oxygens (including phenoxy) is 4. The van der Waals surface area contributed by atoms with Crippen molar-refractivity contribution in [1.82, 2.24) is 5.43 Å². The lowest BCUT2D eigenvalue weighted by Crippen LogP contribution is -2.33. The fraction of sp³-hybridized carbons (Fsp3) is 0.263. The zero-order valence-corrected chi connectivity index (χ0v) is 16.2. The Morgan fingerprint density at radius 2 is 1.67 bits per heavy atom. The highest BCUT2D eigenvalue weighted by Gasteiger charge is 2.15. The summed E-state index contributed by atoms with van der Waals surface area (Å²) in [6.07, 6.45) is 0.737. The maximum atomic E-state index is 12.1. The van der Waals surface area contributed by atoms with Crippen molar-refractivity contribution in [3.63, 3.8) is 0 Å². The number of benzene rings is 2. The van der Waals surface area contributed by atoms with E-state index >= 15 is 0 Å². The molecule has 0 aromatic heterocycles. The highest BCUT2D eigenvalue weighted by atomic mass is 35.5. The Morgan fingerprint density at radius 3 is 2.19 bits per heavy atom. The number of amides is 1. The summed E-state index contributed by atoms with van der Waals surface area (Å²) in [6, 6.07) is 10.2. The van der Waals surface area contributed by atoms with E-state index in [1.165, 1.54) is 27.5 Å². The topological polar surface area (TPSA) is 78.4 Å². The van der Waals surface area contributed by atoms with Gasteiger partial charge >= 0.3 is 0 Å². The van der Waals surface area contributed by atoms with Crippen molar-refractivity contribution in [3.8, 4) is 23.0 Å². The largest absolute Gasteiger partial charge is 0.493 e. The molecule has 144 valence electrons. The van der Waals surface area contributed by atoms with Crippen molar-refractivity contribution >= 4 is 23.7 Å². The van der Waals surface area contributed by atoms with E-state index in [1.54, 1.807) is 43.3 Å². The average molecular weight is 393 g/mol. The van der Waals surface area contributed by atoms with Crippen LogP contribution in [0.2, 0.25) is 5.02 Å². The van der Waals surface area contributed by atoms with E-state index < -0.39 is 12.0 Å². The molecule has 0 fully saturated rings. The molecule has 0 saturated carbocycles. The molecule has 0 aliphatic carbocycles. The van der Waals surface area contributed by atoms with Crippen molar-refractivity contribution in [3.05, 3.63) is 47.0 Å². The molecular formula is C19H21ClN2O5. The summed E-state index contributed by atoms with van der Waals surface area (Å²) in [5.74, 6) is 1.60. The zero-order chi connectivity index (χ0) is 19.8. The van der Waals surface area contributed by atoms with Crippen molar-refractivity contribution in [2.45, 2.75) is 13.0 Å². The van der Waals surface area contributed by atoms with Crippen LogP contribution in [0.4, 0.5) is 0 Å². The van der Waals surface area contributed by atoms with Crippen LogP contribution >= 0.6 is 11.6 Å². The third-order valence-electron chi connectivity index (χ3n) is 3.57. The van der Waals surface area contributed by atoms with Gasteiger partial charge in [0.2, 0.25) is 5.75 Å². The Kier molecular flexibility index (Phi) is 7.31. The van der Waals surface area contributed by atoms with Gasteiger partial charge in [-0.25, -0.2) is 5.43 Å². The summed E-state index contributed by atoms with van der Waals surface area (Å²) in [5.41, 5.74) is 3.10. The average Bonchev–Trinajstić information content (AvgIpc) is 2.68. The first-order valence-electron chi connectivity index (χ1n) is 8.03.